The molecule has 0 N–H and O–H groups in total. The van der Waals surface area contributed by atoms with Gasteiger partial charge in [0.2, 0.25) is 5.91 Å². The Morgan fingerprint density at radius 3 is 2.68 bits per heavy atom. The lowest BCUT2D eigenvalue weighted by Gasteiger charge is -2.31. The first-order valence-electron chi connectivity index (χ1n) is 7.48. The van der Waals surface area contributed by atoms with E-state index in [9.17, 15) is 9.59 Å². The molecule has 1 unspecified atom stereocenters. The van der Waals surface area contributed by atoms with Gasteiger partial charge < -0.3 is 4.90 Å². The van der Waals surface area contributed by atoms with Gasteiger partial charge in [0.1, 0.15) is 6.04 Å². The standard InChI is InChI=1S/C17H19N3O2/c1-12-7-8-16(21)20(18-12)13(2)17(22)19-10-9-14-5-3-4-6-15(14)11-19/h3-8,13H,9-11H2,1-2H3. The normalized spacial score (nSPS) is 15.3. The summed E-state index contributed by atoms with van der Waals surface area (Å²) in [6.07, 6.45) is 0.852. The van der Waals surface area contributed by atoms with Gasteiger partial charge in [-0.3, -0.25) is 9.59 Å². The Morgan fingerprint density at radius 2 is 1.91 bits per heavy atom. The molecule has 1 aromatic heterocycles. The van der Waals surface area contributed by atoms with Crippen LogP contribution in [0.25, 0.3) is 0 Å². The zero-order valence-corrected chi connectivity index (χ0v) is 12.8. The molecule has 22 heavy (non-hydrogen) atoms. The van der Waals surface area contributed by atoms with Gasteiger partial charge in [-0.05, 0) is 37.5 Å². The van der Waals surface area contributed by atoms with Crippen molar-refractivity contribution in [2.45, 2.75) is 32.9 Å². The zero-order valence-electron chi connectivity index (χ0n) is 12.8. The summed E-state index contributed by atoms with van der Waals surface area (Å²) in [5.41, 5.74) is 2.95. The minimum absolute atomic E-state index is 0.0605. The molecule has 1 atom stereocenters. The lowest BCUT2D eigenvalue weighted by Crippen LogP contribution is -2.42. The molecule has 5 nitrogen and oxygen atoms in total. The molecule has 0 aliphatic carbocycles. The van der Waals surface area contributed by atoms with Gasteiger partial charge in [-0.2, -0.15) is 5.10 Å². The molecule has 2 heterocycles. The highest BCUT2D eigenvalue weighted by Gasteiger charge is 2.26. The SMILES string of the molecule is Cc1ccc(=O)n(C(C)C(=O)N2CCc3ccccc3C2)n1. The number of fused-ring (bicyclic) bond motifs is 1. The second kappa shape index (κ2) is 5.75. The molecule has 0 spiro atoms. The quantitative estimate of drug-likeness (QED) is 0.848. The van der Waals surface area contributed by atoms with E-state index in [1.54, 1.807) is 13.0 Å². The lowest BCUT2D eigenvalue weighted by molar-refractivity contribution is -0.135. The Hall–Kier alpha value is -2.43. The topological polar surface area (TPSA) is 55.2 Å². The van der Waals surface area contributed by atoms with Crippen LogP contribution in [0.15, 0.2) is 41.2 Å². The van der Waals surface area contributed by atoms with Gasteiger partial charge in [-0.15, -0.1) is 0 Å². The van der Waals surface area contributed by atoms with E-state index >= 15 is 0 Å². The van der Waals surface area contributed by atoms with Crippen LogP contribution in [0.3, 0.4) is 0 Å². The number of amides is 1. The van der Waals surface area contributed by atoms with Crippen molar-refractivity contribution in [3.63, 3.8) is 0 Å². The fourth-order valence-electron chi connectivity index (χ4n) is 2.85. The average Bonchev–Trinajstić information content (AvgIpc) is 2.55. The van der Waals surface area contributed by atoms with Crippen molar-refractivity contribution in [2.75, 3.05) is 6.54 Å². The van der Waals surface area contributed by atoms with Crippen molar-refractivity contribution in [3.8, 4) is 0 Å². The van der Waals surface area contributed by atoms with Crippen LogP contribution in [-0.2, 0) is 17.8 Å². The van der Waals surface area contributed by atoms with Gasteiger partial charge in [-0.1, -0.05) is 24.3 Å². The van der Waals surface area contributed by atoms with Gasteiger partial charge in [0, 0.05) is 19.2 Å². The molecule has 1 aliphatic heterocycles. The summed E-state index contributed by atoms with van der Waals surface area (Å²) in [5.74, 6) is -0.0605. The molecule has 5 heteroatoms. The molecule has 3 rings (SSSR count). The smallest absolute Gasteiger partial charge is 0.267 e. The third-order valence-corrected chi connectivity index (χ3v) is 4.12. The van der Waals surface area contributed by atoms with Crippen LogP contribution < -0.4 is 5.56 Å². The predicted octanol–water partition coefficient (Wildman–Crippen LogP) is 1.70. The van der Waals surface area contributed by atoms with E-state index in [1.165, 1.54) is 21.9 Å². The number of nitrogens with zero attached hydrogens (tertiary/aromatic N) is 3. The highest BCUT2D eigenvalue weighted by Crippen LogP contribution is 2.20. The second-order valence-corrected chi connectivity index (χ2v) is 5.71. The number of hydrogen-bond acceptors (Lipinski definition) is 3. The van der Waals surface area contributed by atoms with Crippen molar-refractivity contribution in [1.29, 1.82) is 0 Å². The summed E-state index contributed by atoms with van der Waals surface area (Å²) in [7, 11) is 0. The van der Waals surface area contributed by atoms with E-state index < -0.39 is 6.04 Å². The highest BCUT2D eigenvalue weighted by molar-refractivity contribution is 5.80. The largest absolute Gasteiger partial charge is 0.336 e. The van der Waals surface area contributed by atoms with Crippen LogP contribution in [0.4, 0.5) is 0 Å². The Morgan fingerprint density at radius 1 is 1.18 bits per heavy atom. The first-order valence-corrected chi connectivity index (χ1v) is 7.48. The molecule has 0 radical (unpaired) electrons. The van der Waals surface area contributed by atoms with E-state index in [2.05, 4.69) is 17.2 Å². The van der Waals surface area contributed by atoms with E-state index in [0.717, 1.165) is 12.1 Å². The van der Waals surface area contributed by atoms with Crippen molar-refractivity contribution < 1.29 is 4.79 Å². The summed E-state index contributed by atoms with van der Waals surface area (Å²) >= 11 is 0. The first-order chi connectivity index (χ1) is 10.6. The van der Waals surface area contributed by atoms with Crippen LogP contribution in [-0.4, -0.2) is 27.1 Å². The molecule has 1 aromatic carbocycles. The number of carbonyl (C=O) groups excluding carboxylic acids is 1. The Kier molecular flexibility index (Phi) is 3.79. The summed E-state index contributed by atoms with van der Waals surface area (Å²) in [6, 6.07) is 10.7. The van der Waals surface area contributed by atoms with Crippen molar-refractivity contribution in [1.82, 2.24) is 14.7 Å². The van der Waals surface area contributed by atoms with Crippen molar-refractivity contribution in [2.24, 2.45) is 0 Å². The van der Waals surface area contributed by atoms with Gasteiger partial charge >= 0.3 is 0 Å². The maximum atomic E-state index is 12.7. The molecule has 1 amide bonds. The highest BCUT2D eigenvalue weighted by atomic mass is 16.2. The maximum Gasteiger partial charge on any atom is 0.267 e. The predicted molar refractivity (Wildman–Crippen MR) is 83.5 cm³/mol. The maximum absolute atomic E-state index is 12.7. The number of hydrogen-bond donors (Lipinski definition) is 0. The van der Waals surface area contributed by atoms with Gasteiger partial charge in [0.15, 0.2) is 0 Å². The van der Waals surface area contributed by atoms with Crippen LogP contribution in [0, 0.1) is 6.92 Å². The third kappa shape index (κ3) is 2.66. The molecule has 0 saturated heterocycles. The number of aryl methyl sites for hydroxylation is 1. The Balaban J connectivity index is 1.83. The number of benzene rings is 1. The molecule has 114 valence electrons. The molecule has 1 aliphatic rings. The summed E-state index contributed by atoms with van der Waals surface area (Å²) in [5, 5.41) is 4.19. The fraction of sp³-hybridized carbons (Fsp3) is 0.353. The number of rotatable bonds is 2. The summed E-state index contributed by atoms with van der Waals surface area (Å²) in [6.45, 7) is 4.82. The van der Waals surface area contributed by atoms with Crippen LogP contribution >= 0.6 is 0 Å². The first kappa shape index (κ1) is 14.5. The summed E-state index contributed by atoms with van der Waals surface area (Å²) in [4.78, 5) is 26.4. The minimum Gasteiger partial charge on any atom is -0.336 e. The van der Waals surface area contributed by atoms with Crippen molar-refractivity contribution in [3.05, 3.63) is 63.6 Å². The second-order valence-electron chi connectivity index (χ2n) is 5.71. The Bertz CT molecular complexity index is 766. The molecule has 0 fully saturated rings. The van der Waals surface area contributed by atoms with Crippen LogP contribution in [0.5, 0.6) is 0 Å². The summed E-state index contributed by atoms with van der Waals surface area (Å²) < 4.78 is 1.28. The monoisotopic (exact) mass is 297 g/mol. The van der Waals surface area contributed by atoms with E-state index in [-0.39, 0.29) is 11.5 Å². The van der Waals surface area contributed by atoms with Gasteiger partial charge in [0.05, 0.1) is 5.69 Å². The molecule has 2 aromatic rings. The van der Waals surface area contributed by atoms with Crippen LogP contribution in [0.1, 0.15) is 29.8 Å². The molecular formula is C17H19N3O2. The van der Waals surface area contributed by atoms with E-state index in [0.29, 0.717) is 13.1 Å². The van der Waals surface area contributed by atoms with E-state index in [4.69, 9.17) is 0 Å². The number of carbonyl (C=O) groups is 1. The fourth-order valence-corrected chi connectivity index (χ4v) is 2.85. The minimum atomic E-state index is -0.585. The molecule has 0 saturated carbocycles. The molecular weight excluding hydrogens is 278 g/mol. The van der Waals surface area contributed by atoms with Gasteiger partial charge in [-0.25, -0.2) is 4.68 Å². The van der Waals surface area contributed by atoms with Crippen LogP contribution in [0.2, 0.25) is 0 Å². The van der Waals surface area contributed by atoms with Gasteiger partial charge in [0.25, 0.3) is 5.56 Å². The van der Waals surface area contributed by atoms with Crippen molar-refractivity contribution >= 4 is 5.91 Å². The number of aromatic nitrogens is 2. The van der Waals surface area contributed by atoms with E-state index in [1.807, 2.05) is 24.0 Å². The average molecular weight is 297 g/mol. The lowest BCUT2D eigenvalue weighted by atomic mass is 9.99. The Labute approximate surface area is 129 Å². The third-order valence-electron chi connectivity index (χ3n) is 4.12. The zero-order chi connectivity index (χ0) is 15.7. The molecule has 0 bridgehead atoms.